The first-order chi connectivity index (χ1) is 10.2. The fraction of sp³-hybridized carbons (Fsp3) is 0.400. The highest BCUT2D eigenvalue weighted by Crippen LogP contribution is 2.25. The molecule has 1 unspecified atom stereocenters. The van der Waals surface area contributed by atoms with Crippen LogP contribution in [0.4, 0.5) is 5.82 Å². The van der Waals surface area contributed by atoms with Gasteiger partial charge in [-0.05, 0) is 19.8 Å². The van der Waals surface area contributed by atoms with Crippen molar-refractivity contribution in [1.29, 1.82) is 5.26 Å². The highest BCUT2D eigenvalue weighted by atomic mass is 35.5. The lowest BCUT2D eigenvalue weighted by Crippen LogP contribution is -2.19. The van der Waals surface area contributed by atoms with Crippen LogP contribution in [0.5, 0.6) is 0 Å². The molecular formula is C15H17ClN4O. The van der Waals surface area contributed by atoms with Crippen LogP contribution in [0.2, 0.25) is 0 Å². The number of nitriles is 1. The SMILES string of the molecule is C/C=C/C1CCC(Nc2c(C#N)cnn2CCCl)=CC1=O. The second-order valence-electron chi connectivity index (χ2n) is 4.80. The Bertz CT molecular complexity index is 624. The lowest BCUT2D eigenvalue weighted by Gasteiger charge is -2.20. The van der Waals surface area contributed by atoms with E-state index in [4.69, 9.17) is 16.9 Å². The van der Waals surface area contributed by atoms with Gasteiger partial charge in [0, 0.05) is 23.6 Å². The van der Waals surface area contributed by atoms with E-state index in [1.807, 2.05) is 19.1 Å². The predicted octanol–water partition coefficient (Wildman–Crippen LogP) is 2.84. The highest BCUT2D eigenvalue weighted by molar-refractivity contribution is 6.17. The second kappa shape index (κ2) is 7.09. The molecule has 0 amide bonds. The summed E-state index contributed by atoms with van der Waals surface area (Å²) in [6, 6.07) is 2.09. The van der Waals surface area contributed by atoms with Gasteiger partial charge in [0.25, 0.3) is 0 Å². The minimum atomic E-state index is -0.0382. The van der Waals surface area contributed by atoms with Gasteiger partial charge in [-0.25, -0.2) is 4.68 Å². The number of alkyl halides is 1. The molecule has 0 bridgehead atoms. The van der Waals surface area contributed by atoms with Crippen molar-refractivity contribution >= 4 is 23.2 Å². The first-order valence-corrected chi connectivity index (χ1v) is 7.39. The van der Waals surface area contributed by atoms with Crippen molar-refractivity contribution in [3.63, 3.8) is 0 Å². The number of aromatic nitrogens is 2. The van der Waals surface area contributed by atoms with E-state index < -0.39 is 0 Å². The quantitative estimate of drug-likeness (QED) is 0.671. The van der Waals surface area contributed by atoms with Gasteiger partial charge in [-0.2, -0.15) is 10.4 Å². The normalized spacial score (nSPS) is 18.6. The number of rotatable bonds is 5. The molecule has 6 heteroatoms. The summed E-state index contributed by atoms with van der Waals surface area (Å²) < 4.78 is 1.65. The lowest BCUT2D eigenvalue weighted by molar-refractivity contribution is -0.117. The van der Waals surface area contributed by atoms with E-state index in [-0.39, 0.29) is 11.7 Å². The van der Waals surface area contributed by atoms with E-state index in [2.05, 4.69) is 16.5 Å². The van der Waals surface area contributed by atoms with Crippen molar-refractivity contribution in [2.24, 2.45) is 5.92 Å². The molecule has 21 heavy (non-hydrogen) atoms. The molecule has 1 heterocycles. The van der Waals surface area contributed by atoms with E-state index >= 15 is 0 Å². The third-order valence-corrected chi connectivity index (χ3v) is 3.54. The molecule has 1 aromatic heterocycles. The number of nitrogens with zero attached hydrogens (tertiary/aromatic N) is 3. The highest BCUT2D eigenvalue weighted by Gasteiger charge is 2.21. The fourth-order valence-electron chi connectivity index (χ4n) is 2.33. The summed E-state index contributed by atoms with van der Waals surface area (Å²) in [5.41, 5.74) is 1.26. The Morgan fingerprint density at radius 2 is 2.48 bits per heavy atom. The summed E-state index contributed by atoms with van der Waals surface area (Å²) in [5.74, 6) is 1.05. The van der Waals surface area contributed by atoms with Crippen molar-refractivity contribution in [3.05, 3.63) is 35.7 Å². The van der Waals surface area contributed by atoms with Gasteiger partial charge >= 0.3 is 0 Å². The van der Waals surface area contributed by atoms with Crippen molar-refractivity contribution < 1.29 is 4.79 Å². The van der Waals surface area contributed by atoms with Crippen LogP contribution in [0.15, 0.2) is 30.1 Å². The Morgan fingerprint density at radius 1 is 1.67 bits per heavy atom. The average Bonchev–Trinajstić information content (AvgIpc) is 2.85. The number of aryl methyl sites for hydroxylation is 1. The standard InChI is InChI=1S/C15H17ClN4O/c1-2-3-11-4-5-13(8-14(11)21)19-15-12(9-17)10-18-20(15)7-6-16/h2-3,8,10-11,19H,4-7H2,1H3/b3-2+. The van der Waals surface area contributed by atoms with Gasteiger partial charge in [0.2, 0.25) is 0 Å². The monoisotopic (exact) mass is 304 g/mol. The summed E-state index contributed by atoms with van der Waals surface area (Å²) in [4.78, 5) is 12.0. The third-order valence-electron chi connectivity index (χ3n) is 3.37. The molecule has 0 saturated carbocycles. The summed E-state index contributed by atoms with van der Waals surface area (Å²) in [6.07, 6.45) is 8.48. The number of anilines is 1. The first kappa shape index (κ1) is 15.3. The maximum absolute atomic E-state index is 12.0. The molecule has 5 nitrogen and oxygen atoms in total. The zero-order chi connectivity index (χ0) is 15.2. The van der Waals surface area contributed by atoms with E-state index in [1.54, 1.807) is 10.8 Å². The number of ketones is 1. The van der Waals surface area contributed by atoms with Crippen LogP contribution < -0.4 is 5.32 Å². The second-order valence-corrected chi connectivity index (χ2v) is 5.18. The number of hydrogen-bond acceptors (Lipinski definition) is 4. The Balaban J connectivity index is 2.19. The number of hydrogen-bond donors (Lipinski definition) is 1. The lowest BCUT2D eigenvalue weighted by atomic mass is 9.91. The van der Waals surface area contributed by atoms with E-state index in [0.717, 1.165) is 18.5 Å². The van der Waals surface area contributed by atoms with Crippen LogP contribution in [-0.2, 0) is 11.3 Å². The van der Waals surface area contributed by atoms with Crippen molar-refractivity contribution in [2.75, 3.05) is 11.2 Å². The number of carbonyl (C=O) groups is 1. The van der Waals surface area contributed by atoms with Gasteiger partial charge in [0.1, 0.15) is 17.5 Å². The molecule has 0 saturated heterocycles. The van der Waals surface area contributed by atoms with E-state index in [1.165, 1.54) is 6.20 Å². The van der Waals surface area contributed by atoms with Crippen molar-refractivity contribution in [1.82, 2.24) is 9.78 Å². The molecule has 1 aliphatic carbocycles. The van der Waals surface area contributed by atoms with Crippen LogP contribution in [0.25, 0.3) is 0 Å². The number of nitrogens with one attached hydrogen (secondary N) is 1. The van der Waals surface area contributed by atoms with Gasteiger partial charge < -0.3 is 5.32 Å². The van der Waals surface area contributed by atoms with E-state index in [9.17, 15) is 4.79 Å². The molecule has 0 aliphatic heterocycles. The van der Waals surface area contributed by atoms with Crippen molar-refractivity contribution in [2.45, 2.75) is 26.3 Å². The van der Waals surface area contributed by atoms with Crippen LogP contribution in [0.3, 0.4) is 0 Å². The zero-order valence-corrected chi connectivity index (χ0v) is 12.6. The zero-order valence-electron chi connectivity index (χ0n) is 11.8. The molecule has 1 N–H and O–H groups in total. The molecule has 110 valence electrons. The summed E-state index contributed by atoms with van der Waals surface area (Å²) in [6.45, 7) is 2.42. The molecule has 1 atom stereocenters. The van der Waals surface area contributed by atoms with Crippen LogP contribution in [0.1, 0.15) is 25.3 Å². The molecule has 2 rings (SSSR count). The molecule has 0 radical (unpaired) electrons. The molecule has 0 fully saturated rings. The molecule has 1 aliphatic rings. The number of halogens is 1. The molecule has 0 spiro atoms. The smallest absolute Gasteiger partial charge is 0.164 e. The molecule has 1 aromatic rings. The Labute approximate surface area is 128 Å². The minimum Gasteiger partial charge on any atom is -0.343 e. The average molecular weight is 305 g/mol. The van der Waals surface area contributed by atoms with Gasteiger partial charge in [0.05, 0.1) is 12.7 Å². The van der Waals surface area contributed by atoms with Crippen LogP contribution in [0, 0.1) is 17.2 Å². The maximum Gasteiger partial charge on any atom is 0.164 e. The maximum atomic E-state index is 12.0. The summed E-state index contributed by atoms with van der Waals surface area (Å²) in [7, 11) is 0. The Hall–Kier alpha value is -2.06. The van der Waals surface area contributed by atoms with Crippen LogP contribution in [-0.4, -0.2) is 21.4 Å². The first-order valence-electron chi connectivity index (χ1n) is 6.85. The van der Waals surface area contributed by atoms with Gasteiger partial charge in [0.15, 0.2) is 5.78 Å². The van der Waals surface area contributed by atoms with Gasteiger partial charge in [-0.1, -0.05) is 12.2 Å². The molecular weight excluding hydrogens is 288 g/mol. The Morgan fingerprint density at radius 3 is 3.10 bits per heavy atom. The summed E-state index contributed by atoms with van der Waals surface area (Å²) >= 11 is 5.73. The number of carbonyl (C=O) groups excluding carboxylic acids is 1. The Kier molecular flexibility index (Phi) is 5.18. The van der Waals surface area contributed by atoms with Gasteiger partial charge in [-0.15, -0.1) is 11.6 Å². The number of allylic oxidation sites excluding steroid dienone is 4. The molecule has 0 aromatic carbocycles. The largest absolute Gasteiger partial charge is 0.343 e. The van der Waals surface area contributed by atoms with Crippen molar-refractivity contribution in [3.8, 4) is 6.07 Å². The topological polar surface area (TPSA) is 70.7 Å². The minimum absolute atomic E-state index is 0.0382. The van der Waals surface area contributed by atoms with Gasteiger partial charge in [-0.3, -0.25) is 4.79 Å². The summed E-state index contributed by atoms with van der Waals surface area (Å²) in [5, 5.41) is 16.4. The third kappa shape index (κ3) is 3.53. The fourth-order valence-corrected chi connectivity index (χ4v) is 2.49. The van der Waals surface area contributed by atoms with E-state index in [0.29, 0.717) is 23.8 Å². The predicted molar refractivity (Wildman–Crippen MR) is 81.9 cm³/mol. The van der Waals surface area contributed by atoms with Crippen LogP contribution >= 0.6 is 11.6 Å².